The maximum atomic E-state index is 9.80. The average molecular weight is 1220 g/mol. The molecule has 3 aromatic heterocycles. The molecule has 442 valence electrons. The number of anilines is 6. The summed E-state index contributed by atoms with van der Waals surface area (Å²) in [6, 6.07) is 72.5. The lowest BCUT2D eigenvalue weighted by atomic mass is 9.33. The molecular weight excluding hydrogens is 1150 g/mol. The Morgan fingerprint density at radius 3 is 0.958 bits per heavy atom. The first-order valence-corrected chi connectivity index (χ1v) is 31.4. The first kappa shape index (κ1) is 40.4. The van der Waals surface area contributed by atoms with E-state index in [1.165, 1.54) is 0 Å². The summed E-state index contributed by atoms with van der Waals surface area (Å²) in [5.41, 5.74) is 16.5. The Morgan fingerprint density at radius 1 is 0.274 bits per heavy atom. The van der Waals surface area contributed by atoms with E-state index in [2.05, 4.69) is 101 Å². The number of hydrogen-bond acceptors (Lipinski definition) is 3. The molecule has 0 bridgehead atoms. The zero-order valence-electron chi connectivity index (χ0n) is 66.6. The molecule has 14 aromatic carbocycles. The summed E-state index contributed by atoms with van der Waals surface area (Å²) >= 11 is 0. The Kier molecular flexibility index (Phi) is 9.40. The second kappa shape index (κ2) is 22.1. The van der Waals surface area contributed by atoms with Gasteiger partial charge in [0.05, 0.1) is 55.4 Å². The number of benzene rings is 14. The van der Waals surface area contributed by atoms with E-state index < -0.39 is 103 Å². The summed E-state index contributed by atoms with van der Waals surface area (Å²) in [6.07, 6.45) is 3.68. The highest BCUT2D eigenvalue weighted by atomic mass is 15.2. The van der Waals surface area contributed by atoms with Crippen LogP contribution in [0.2, 0.25) is 0 Å². The number of fused-ring (bicyclic) bond motifs is 10. The van der Waals surface area contributed by atoms with Gasteiger partial charge in [-0.3, -0.25) is 4.98 Å². The van der Waals surface area contributed by atoms with Gasteiger partial charge in [-0.1, -0.05) is 273 Å². The monoisotopic (exact) mass is 1220 g/mol. The Labute approximate surface area is 574 Å². The lowest BCUT2D eigenvalue weighted by Crippen LogP contribution is -2.61. The summed E-state index contributed by atoms with van der Waals surface area (Å²) in [5.74, 6) is 0. The van der Waals surface area contributed by atoms with Crippen molar-refractivity contribution in [2.75, 3.05) is 9.80 Å². The van der Waals surface area contributed by atoms with Crippen LogP contribution in [0, 0.1) is 0 Å². The third-order valence-corrected chi connectivity index (χ3v) is 18.7. The molecule has 0 aliphatic carbocycles. The lowest BCUT2D eigenvalue weighted by molar-refractivity contribution is 1.17. The van der Waals surface area contributed by atoms with E-state index in [1.54, 1.807) is 9.13 Å². The van der Waals surface area contributed by atoms with Crippen LogP contribution in [0.3, 0.4) is 0 Å². The fraction of sp³-hybridized carbons (Fsp3) is 0. The van der Waals surface area contributed by atoms with Crippen molar-refractivity contribution in [3.05, 3.63) is 352 Å². The minimum atomic E-state index is -0.785. The van der Waals surface area contributed by atoms with Crippen LogP contribution in [0.5, 0.6) is 0 Å². The highest BCUT2D eigenvalue weighted by Gasteiger charge is 2.46. The van der Waals surface area contributed by atoms with Gasteiger partial charge in [0.2, 0.25) is 0 Å². The first-order chi connectivity index (χ1) is 53.8. The Hall–Kier alpha value is -12.5. The second-order valence-electron chi connectivity index (χ2n) is 23.8. The molecule has 17 aromatic rings. The molecule has 2 aliphatic heterocycles. The van der Waals surface area contributed by atoms with Gasteiger partial charge in [-0.25, -0.2) is 0 Å². The molecule has 2 aliphatic rings. The van der Waals surface area contributed by atoms with Gasteiger partial charge in [0.1, 0.15) is 0 Å². The molecule has 0 amide bonds. The normalized spacial score (nSPS) is 14.7. The summed E-state index contributed by atoms with van der Waals surface area (Å²) in [7, 11) is 0. The molecule has 19 rings (SSSR count). The molecule has 0 saturated carbocycles. The summed E-state index contributed by atoms with van der Waals surface area (Å²) in [4.78, 5) is 9.55. The SMILES string of the molecule is [2H]c1c([2H])c([2H])c2c(c1[2H])c1c([2H])c([2H])c([2H])c([2H])c1n2-c1ccc2c(c1)N(c1c(-c3ccccc3)cccc1-c1ccccc1)c1cc(-c3cncc(-c4ccccc4)c3)cc3c1B2c1ccc(-n2c4c([2H])c([2H])c([2H])c([2H])c4c4c([2H])c([2H])c([2H])c([2H])c42)cc1N3c1c(-c2ccccc2)cccc1-c1ccccc1. The van der Waals surface area contributed by atoms with Gasteiger partial charge in [0.25, 0.3) is 6.71 Å². The van der Waals surface area contributed by atoms with E-state index in [0.29, 0.717) is 50.6 Å². The number of aromatic nitrogens is 3. The number of nitrogens with zero attached hydrogens (tertiary/aromatic N) is 5. The molecule has 0 radical (unpaired) electrons. The van der Waals surface area contributed by atoms with Crippen LogP contribution < -0.4 is 26.2 Å². The van der Waals surface area contributed by atoms with Crippen molar-refractivity contribution in [1.82, 2.24) is 14.1 Å². The fourth-order valence-corrected chi connectivity index (χ4v) is 14.6. The van der Waals surface area contributed by atoms with Crippen LogP contribution >= 0.6 is 0 Å². The van der Waals surface area contributed by atoms with Crippen LogP contribution in [0.1, 0.15) is 21.9 Å². The lowest BCUT2D eigenvalue weighted by Gasteiger charge is -2.46. The number of para-hydroxylation sites is 6. The third-order valence-electron chi connectivity index (χ3n) is 18.7. The highest BCUT2D eigenvalue weighted by molar-refractivity contribution is 7.00. The topological polar surface area (TPSA) is 29.2 Å². The predicted octanol–water partition coefficient (Wildman–Crippen LogP) is 21.4. The van der Waals surface area contributed by atoms with Gasteiger partial charge in [-0.15, -0.1) is 0 Å². The molecule has 5 nitrogen and oxygen atoms in total. The van der Waals surface area contributed by atoms with Crippen molar-refractivity contribution in [2.24, 2.45) is 0 Å². The van der Waals surface area contributed by atoms with E-state index in [0.717, 1.165) is 78.0 Å². The fourth-order valence-electron chi connectivity index (χ4n) is 14.6. The molecule has 5 heterocycles. The van der Waals surface area contributed by atoms with Crippen LogP contribution in [-0.4, -0.2) is 20.8 Å². The minimum absolute atomic E-state index is 0.0620. The minimum Gasteiger partial charge on any atom is -0.310 e. The van der Waals surface area contributed by atoms with E-state index in [4.69, 9.17) is 10.5 Å². The molecule has 0 atom stereocenters. The van der Waals surface area contributed by atoms with Crippen LogP contribution in [-0.2, 0) is 0 Å². The maximum Gasteiger partial charge on any atom is 0.252 e. The van der Waals surface area contributed by atoms with E-state index in [9.17, 15) is 16.4 Å². The van der Waals surface area contributed by atoms with Crippen LogP contribution in [0.4, 0.5) is 34.1 Å². The van der Waals surface area contributed by atoms with Crippen LogP contribution in [0.25, 0.3) is 122 Å². The van der Waals surface area contributed by atoms with Crippen molar-refractivity contribution >= 4 is 101 Å². The number of rotatable bonds is 10. The quantitative estimate of drug-likeness (QED) is 0.128. The molecule has 0 unspecified atom stereocenters. The van der Waals surface area contributed by atoms with Gasteiger partial charge in [0.15, 0.2) is 0 Å². The predicted molar refractivity (Wildman–Crippen MR) is 400 cm³/mol. The van der Waals surface area contributed by atoms with Crippen LogP contribution in [0.15, 0.2) is 352 Å². The zero-order valence-corrected chi connectivity index (χ0v) is 50.6. The highest BCUT2D eigenvalue weighted by Crippen LogP contribution is 2.54. The molecule has 0 saturated heterocycles. The van der Waals surface area contributed by atoms with E-state index in [1.807, 2.05) is 164 Å². The smallest absolute Gasteiger partial charge is 0.252 e. The molecule has 6 heteroatoms. The van der Waals surface area contributed by atoms with Gasteiger partial charge in [0, 0.05) is 101 Å². The number of pyridine rings is 1. The molecule has 0 fully saturated rings. The Balaban J connectivity index is 1.03. The Morgan fingerprint density at radius 2 is 0.600 bits per heavy atom. The second-order valence-corrected chi connectivity index (χ2v) is 23.8. The van der Waals surface area contributed by atoms with Crippen molar-refractivity contribution < 1.29 is 21.9 Å². The van der Waals surface area contributed by atoms with Crippen molar-refractivity contribution in [3.8, 4) is 78.1 Å². The van der Waals surface area contributed by atoms with Gasteiger partial charge >= 0.3 is 0 Å². The molecule has 0 N–H and O–H groups in total. The summed E-state index contributed by atoms with van der Waals surface area (Å²) in [6.45, 7) is -0.785. The standard InChI is InChI=1S/C89H58BN5/c1-6-26-59(27-7-1)65-52-66(58-91-57-65)64-53-85-87-86(54-64)95(89-71(62-32-12-4-13-33-62)42-25-43-72(89)63-34-14-5-15-35-63)84-56-68(93-81-46-22-18-38-75(81)76-39-19-23-47-82(76)93)49-51-78(84)90(87)77-50-48-67(92-79-44-20-16-36-73(79)74-37-17-21-45-80(74)92)55-83(77)94(85)88-69(60-28-8-2-9-29-60)40-24-41-70(88)61-30-10-3-11-31-61/h1-58H/i16D,17D,18D,19D,20D,21D,22D,23D,36D,37D,38D,39D,44D,45D,46D,47D. The third kappa shape index (κ3) is 8.69. The summed E-state index contributed by atoms with van der Waals surface area (Å²) < 4.78 is 154. The van der Waals surface area contributed by atoms with Crippen molar-refractivity contribution in [2.45, 2.75) is 0 Å². The molecular formula is C89H58BN5. The maximum absolute atomic E-state index is 9.80. The average Bonchev–Trinajstić information content (AvgIpc) is 1.70. The van der Waals surface area contributed by atoms with Gasteiger partial charge < -0.3 is 18.9 Å². The van der Waals surface area contributed by atoms with Crippen molar-refractivity contribution in [1.29, 1.82) is 0 Å². The zero-order chi connectivity index (χ0) is 76.4. The molecule has 0 spiro atoms. The van der Waals surface area contributed by atoms with Gasteiger partial charge in [-0.05, 0) is 116 Å². The van der Waals surface area contributed by atoms with E-state index >= 15 is 0 Å². The Bertz CT molecular complexity index is 6230. The van der Waals surface area contributed by atoms with Crippen molar-refractivity contribution in [3.63, 3.8) is 0 Å². The van der Waals surface area contributed by atoms with Gasteiger partial charge in [-0.2, -0.15) is 0 Å². The first-order valence-electron chi connectivity index (χ1n) is 39.4. The summed E-state index contributed by atoms with van der Waals surface area (Å²) in [5, 5.41) is -0.328. The van der Waals surface area contributed by atoms with E-state index in [-0.39, 0.29) is 43.6 Å². The largest absolute Gasteiger partial charge is 0.310 e. The molecule has 95 heavy (non-hydrogen) atoms. The number of hydrogen-bond donors (Lipinski definition) is 0.